The maximum atomic E-state index is 5.90. The molecule has 3 unspecified atom stereocenters. The van der Waals surface area contributed by atoms with E-state index in [1.54, 1.807) is 0 Å². The summed E-state index contributed by atoms with van der Waals surface area (Å²) in [6.07, 6.45) is 10.3. The molecule has 0 aromatic heterocycles. The molecule has 1 heterocycles. The molecule has 1 aliphatic carbocycles. The number of epoxide rings is 1. The van der Waals surface area contributed by atoms with Crippen LogP contribution < -0.4 is 0 Å². The van der Waals surface area contributed by atoms with Gasteiger partial charge in [-0.15, -0.1) is 0 Å². The van der Waals surface area contributed by atoms with Crippen LogP contribution in [0.5, 0.6) is 0 Å². The molecule has 1 aliphatic heterocycles. The summed E-state index contributed by atoms with van der Waals surface area (Å²) in [5.74, 6) is 0.899. The summed E-state index contributed by atoms with van der Waals surface area (Å²) in [6, 6.07) is 0.959. The van der Waals surface area contributed by atoms with Crippen molar-refractivity contribution in [2.45, 2.75) is 84.0 Å². The summed E-state index contributed by atoms with van der Waals surface area (Å²) >= 11 is 0. The fraction of sp³-hybridized carbons (Fsp3) is 1.00. The van der Waals surface area contributed by atoms with E-state index in [0.29, 0.717) is 32.0 Å². The zero-order valence-electron chi connectivity index (χ0n) is 14.6. The third-order valence-electron chi connectivity index (χ3n) is 4.80. The van der Waals surface area contributed by atoms with E-state index >= 15 is 0 Å². The third kappa shape index (κ3) is 5.60. The monoisotopic (exact) mass is 330 g/mol. The van der Waals surface area contributed by atoms with Crippen LogP contribution in [0.1, 0.15) is 65.7 Å². The maximum absolute atomic E-state index is 5.90. The highest BCUT2D eigenvalue weighted by molar-refractivity contribution is 6.60. The molecule has 22 heavy (non-hydrogen) atoms. The second-order valence-electron chi connectivity index (χ2n) is 6.47. The molecule has 1 saturated carbocycles. The molecule has 130 valence electrons. The highest BCUT2D eigenvalue weighted by atomic mass is 28.4. The molecule has 0 radical (unpaired) electrons. The Morgan fingerprint density at radius 2 is 1.55 bits per heavy atom. The van der Waals surface area contributed by atoms with Gasteiger partial charge in [-0.3, -0.25) is 0 Å². The Morgan fingerprint density at radius 1 is 0.864 bits per heavy atom. The summed E-state index contributed by atoms with van der Waals surface area (Å²) in [7, 11) is -2.41. The highest BCUT2D eigenvalue weighted by Crippen LogP contribution is 2.41. The smallest absolute Gasteiger partial charge is 0.374 e. The minimum absolute atomic E-state index is 0.618. The lowest BCUT2D eigenvalue weighted by atomic mass is 9.86. The van der Waals surface area contributed by atoms with Gasteiger partial charge in [0.15, 0.2) is 0 Å². The van der Waals surface area contributed by atoms with E-state index in [2.05, 4.69) is 0 Å². The van der Waals surface area contributed by atoms with Crippen LogP contribution in [0.25, 0.3) is 0 Å². The summed E-state index contributed by atoms with van der Waals surface area (Å²) in [5.41, 5.74) is 0. The van der Waals surface area contributed by atoms with Crippen molar-refractivity contribution >= 4 is 8.80 Å². The molecule has 2 fully saturated rings. The highest BCUT2D eigenvalue weighted by Gasteiger charge is 2.43. The number of rotatable bonds is 12. The van der Waals surface area contributed by atoms with Crippen LogP contribution in [-0.2, 0) is 18.0 Å². The van der Waals surface area contributed by atoms with Crippen LogP contribution in [-0.4, -0.2) is 40.8 Å². The van der Waals surface area contributed by atoms with Crippen molar-refractivity contribution in [3.8, 4) is 0 Å². The molecule has 0 amide bonds. The van der Waals surface area contributed by atoms with Crippen molar-refractivity contribution < 1.29 is 18.0 Å². The van der Waals surface area contributed by atoms with Crippen molar-refractivity contribution in [1.29, 1.82) is 0 Å². The fourth-order valence-corrected chi connectivity index (χ4v) is 6.39. The van der Waals surface area contributed by atoms with Gasteiger partial charge < -0.3 is 18.0 Å². The number of hydrogen-bond acceptors (Lipinski definition) is 4. The molecular formula is C17H34O4Si. The summed E-state index contributed by atoms with van der Waals surface area (Å²) in [4.78, 5) is 0. The molecule has 0 aromatic rings. The lowest BCUT2D eigenvalue weighted by Gasteiger charge is -2.28. The van der Waals surface area contributed by atoms with Gasteiger partial charge in [-0.1, -0.05) is 19.3 Å². The molecule has 3 atom stereocenters. The van der Waals surface area contributed by atoms with Crippen molar-refractivity contribution in [2.24, 2.45) is 5.92 Å². The van der Waals surface area contributed by atoms with Gasteiger partial charge in [0, 0.05) is 25.9 Å². The summed E-state index contributed by atoms with van der Waals surface area (Å²) in [5, 5.41) is 0. The Bertz CT molecular complexity index is 296. The number of hydrogen-bond donors (Lipinski definition) is 0. The summed E-state index contributed by atoms with van der Waals surface area (Å²) < 4.78 is 23.3. The van der Waals surface area contributed by atoms with Crippen LogP contribution in [0.4, 0.5) is 0 Å². The van der Waals surface area contributed by atoms with Crippen LogP contribution in [0.3, 0.4) is 0 Å². The zero-order valence-corrected chi connectivity index (χ0v) is 15.6. The van der Waals surface area contributed by atoms with E-state index in [-0.39, 0.29) is 0 Å². The van der Waals surface area contributed by atoms with Crippen molar-refractivity contribution in [1.82, 2.24) is 0 Å². The summed E-state index contributed by atoms with van der Waals surface area (Å²) in [6.45, 7) is 8.10. The molecule has 0 aromatic carbocycles. The number of ether oxygens (including phenoxy) is 1. The molecule has 5 heteroatoms. The second-order valence-corrected chi connectivity index (χ2v) is 9.21. The van der Waals surface area contributed by atoms with Gasteiger partial charge in [0.25, 0.3) is 0 Å². The Kier molecular flexibility index (Phi) is 7.84. The van der Waals surface area contributed by atoms with Crippen LogP contribution >= 0.6 is 0 Å². The van der Waals surface area contributed by atoms with Crippen LogP contribution in [0.2, 0.25) is 6.04 Å². The largest absolute Gasteiger partial charge is 0.500 e. The van der Waals surface area contributed by atoms with E-state index in [1.165, 1.54) is 38.5 Å². The van der Waals surface area contributed by atoms with E-state index < -0.39 is 8.80 Å². The van der Waals surface area contributed by atoms with Crippen LogP contribution in [0.15, 0.2) is 0 Å². The maximum Gasteiger partial charge on any atom is 0.500 e. The predicted molar refractivity (Wildman–Crippen MR) is 89.9 cm³/mol. The molecule has 0 N–H and O–H groups in total. The average molecular weight is 331 g/mol. The van der Waals surface area contributed by atoms with Gasteiger partial charge in [-0.25, -0.2) is 0 Å². The molecular weight excluding hydrogens is 296 g/mol. The van der Waals surface area contributed by atoms with Gasteiger partial charge in [-0.2, -0.15) is 0 Å². The lowest BCUT2D eigenvalue weighted by molar-refractivity contribution is 0.0706. The van der Waals surface area contributed by atoms with E-state index in [0.717, 1.165) is 18.4 Å². The molecule has 2 rings (SSSR count). The van der Waals surface area contributed by atoms with Crippen LogP contribution in [0, 0.1) is 5.92 Å². The molecule has 1 saturated heterocycles. The van der Waals surface area contributed by atoms with Gasteiger partial charge in [-0.05, 0) is 52.4 Å². The first-order valence-corrected chi connectivity index (χ1v) is 11.2. The quantitative estimate of drug-likeness (QED) is 0.306. The fourth-order valence-electron chi connectivity index (χ4n) is 3.70. The van der Waals surface area contributed by atoms with Gasteiger partial charge >= 0.3 is 8.80 Å². The first-order chi connectivity index (χ1) is 10.7. The van der Waals surface area contributed by atoms with E-state index in [4.69, 9.17) is 18.0 Å². The first-order valence-electron chi connectivity index (χ1n) is 9.30. The topological polar surface area (TPSA) is 40.2 Å². The minimum Gasteiger partial charge on any atom is -0.374 e. The molecule has 0 spiro atoms. The Morgan fingerprint density at radius 3 is 2.14 bits per heavy atom. The first kappa shape index (κ1) is 18.4. The molecule has 4 nitrogen and oxygen atoms in total. The van der Waals surface area contributed by atoms with Gasteiger partial charge in [0.2, 0.25) is 0 Å². The Hall–Kier alpha value is 0.0569. The van der Waals surface area contributed by atoms with E-state index in [9.17, 15) is 0 Å². The normalized spacial score (nSPS) is 27.7. The minimum atomic E-state index is -2.41. The SMILES string of the molecule is CCO[Si](CCCCCC1CCC2OC2C1)(OCC)OCC. The molecule has 0 bridgehead atoms. The standard InChI is InChI=1S/C17H34O4Si/c1-4-18-22(19-5-2,20-6-3)13-9-7-8-10-15-11-12-16-17(14-15)21-16/h15-17H,4-14H2,1-3H3. The van der Waals surface area contributed by atoms with Crippen molar-refractivity contribution in [2.75, 3.05) is 19.8 Å². The number of fused-ring (bicyclic) bond motifs is 1. The third-order valence-corrected chi connectivity index (χ3v) is 7.95. The van der Waals surface area contributed by atoms with Crippen molar-refractivity contribution in [3.05, 3.63) is 0 Å². The van der Waals surface area contributed by atoms with Gasteiger partial charge in [0.05, 0.1) is 12.2 Å². The second kappa shape index (κ2) is 9.38. The molecule has 2 aliphatic rings. The van der Waals surface area contributed by atoms with Gasteiger partial charge in [0.1, 0.15) is 0 Å². The average Bonchev–Trinajstić information content (AvgIpc) is 3.26. The van der Waals surface area contributed by atoms with Crippen molar-refractivity contribution in [3.63, 3.8) is 0 Å². The van der Waals surface area contributed by atoms with E-state index in [1.807, 2.05) is 20.8 Å². The lowest BCUT2D eigenvalue weighted by Crippen LogP contribution is -2.45. The Balaban J connectivity index is 1.61. The zero-order chi connectivity index (χ0) is 15.8. The predicted octanol–water partition coefficient (Wildman–Crippen LogP) is 4.16. The Labute approximate surface area is 137 Å². The number of unbranched alkanes of at least 4 members (excludes halogenated alkanes) is 2.